The summed E-state index contributed by atoms with van der Waals surface area (Å²) >= 11 is 0. The van der Waals surface area contributed by atoms with Crippen molar-refractivity contribution in [2.24, 2.45) is 0 Å². The van der Waals surface area contributed by atoms with E-state index in [1.807, 2.05) is 13.1 Å². The first-order valence-electron chi connectivity index (χ1n) is 8.73. The van der Waals surface area contributed by atoms with Gasteiger partial charge in [-0.2, -0.15) is 0 Å². The van der Waals surface area contributed by atoms with Crippen LogP contribution in [0.5, 0.6) is 0 Å². The molecule has 0 fully saturated rings. The van der Waals surface area contributed by atoms with Crippen LogP contribution in [0.25, 0.3) is 0 Å². The van der Waals surface area contributed by atoms with Gasteiger partial charge in [-0.25, -0.2) is 5.48 Å². The fraction of sp³-hybridized carbons (Fsp3) is 0.238. The summed E-state index contributed by atoms with van der Waals surface area (Å²) in [6.45, 7) is 1.94. The van der Waals surface area contributed by atoms with Gasteiger partial charge in [0.15, 0.2) is 5.76 Å². The molecular formula is C21H21N3O5. The number of amides is 2. The van der Waals surface area contributed by atoms with E-state index in [-0.39, 0.29) is 5.56 Å². The van der Waals surface area contributed by atoms with E-state index < -0.39 is 24.0 Å². The number of rotatable bonds is 6. The second-order valence-electron chi connectivity index (χ2n) is 6.04. The van der Waals surface area contributed by atoms with Crippen LogP contribution < -0.4 is 16.1 Å². The first-order valence-corrected chi connectivity index (χ1v) is 8.73. The van der Waals surface area contributed by atoms with Gasteiger partial charge in [0.25, 0.3) is 11.8 Å². The summed E-state index contributed by atoms with van der Waals surface area (Å²) in [7, 11) is 1.82. The van der Waals surface area contributed by atoms with E-state index in [1.165, 1.54) is 24.5 Å². The van der Waals surface area contributed by atoms with Crippen molar-refractivity contribution in [3.63, 3.8) is 0 Å². The molecule has 1 aromatic heterocycles. The zero-order valence-corrected chi connectivity index (χ0v) is 15.9. The molecule has 1 aromatic carbocycles. The number of hydroxylamine groups is 1. The van der Waals surface area contributed by atoms with Crippen molar-refractivity contribution in [2.75, 3.05) is 7.05 Å². The average Bonchev–Trinajstić information content (AvgIpc) is 3.16. The monoisotopic (exact) mass is 395 g/mol. The molecule has 0 saturated heterocycles. The molecule has 0 aliphatic rings. The Morgan fingerprint density at radius 1 is 1.10 bits per heavy atom. The van der Waals surface area contributed by atoms with E-state index in [0.717, 1.165) is 5.76 Å². The number of carbonyl (C=O) groups excluding carboxylic acids is 2. The minimum Gasteiger partial charge on any atom is -0.451 e. The van der Waals surface area contributed by atoms with Crippen molar-refractivity contribution >= 4 is 11.8 Å². The van der Waals surface area contributed by atoms with Crippen molar-refractivity contribution in [2.45, 2.75) is 25.6 Å². The Morgan fingerprint density at radius 3 is 2.41 bits per heavy atom. The fourth-order valence-corrected chi connectivity index (χ4v) is 2.31. The van der Waals surface area contributed by atoms with Crippen LogP contribution in [0.3, 0.4) is 0 Å². The first-order chi connectivity index (χ1) is 13.9. The third-order valence-electron chi connectivity index (χ3n) is 3.78. The van der Waals surface area contributed by atoms with E-state index in [9.17, 15) is 14.7 Å². The average molecular weight is 395 g/mol. The number of hydrogen-bond acceptors (Lipinski definition) is 6. The predicted octanol–water partition coefficient (Wildman–Crippen LogP) is 0.387. The summed E-state index contributed by atoms with van der Waals surface area (Å²) in [4.78, 5) is 23.7. The highest BCUT2D eigenvalue weighted by Gasteiger charge is 2.25. The van der Waals surface area contributed by atoms with Crippen LogP contribution in [-0.2, 0) is 11.3 Å². The molecule has 0 bridgehead atoms. The summed E-state index contributed by atoms with van der Waals surface area (Å²) in [5, 5.41) is 23.6. The Morgan fingerprint density at radius 2 is 1.79 bits per heavy atom. The van der Waals surface area contributed by atoms with Gasteiger partial charge in [-0.05, 0) is 68.1 Å². The maximum atomic E-state index is 12.2. The summed E-state index contributed by atoms with van der Waals surface area (Å²) < 4.78 is 5.48. The second kappa shape index (κ2) is 10.7. The molecule has 2 aromatic rings. The van der Waals surface area contributed by atoms with E-state index in [0.29, 0.717) is 17.9 Å². The Balaban J connectivity index is 2.00. The van der Waals surface area contributed by atoms with E-state index in [4.69, 9.17) is 9.62 Å². The summed E-state index contributed by atoms with van der Waals surface area (Å²) in [6, 6.07) is 8.64. The first kappa shape index (κ1) is 21.7. The largest absolute Gasteiger partial charge is 0.451 e. The van der Waals surface area contributed by atoms with E-state index in [1.54, 1.807) is 18.2 Å². The molecule has 2 amide bonds. The van der Waals surface area contributed by atoms with Gasteiger partial charge in [0, 0.05) is 11.1 Å². The van der Waals surface area contributed by atoms with Crippen molar-refractivity contribution in [1.82, 2.24) is 16.1 Å². The lowest BCUT2D eigenvalue weighted by atomic mass is 10.1. The lowest BCUT2D eigenvalue weighted by Gasteiger charge is -2.19. The van der Waals surface area contributed by atoms with Gasteiger partial charge in [-0.1, -0.05) is 5.92 Å². The van der Waals surface area contributed by atoms with Crippen molar-refractivity contribution in [3.8, 4) is 23.7 Å². The standard InChI is InChI=1S/C21H21N3O5/c1-14(25)19(21(27)24-28)23-20(26)16-9-7-15(8-10-16)5-3-4-6-17-11-12-18(29-17)13-22-2/h7-12,14,19,22,25,28H,13H2,1-2H3,(H,23,26)(H,24,27)/t14-,19+/m1/s1. The number of aliphatic hydroxyl groups is 1. The van der Waals surface area contributed by atoms with Crippen molar-refractivity contribution in [3.05, 3.63) is 59.0 Å². The lowest BCUT2D eigenvalue weighted by molar-refractivity contribution is -0.133. The molecule has 8 nitrogen and oxygen atoms in total. The van der Waals surface area contributed by atoms with Crippen molar-refractivity contribution in [1.29, 1.82) is 0 Å². The molecule has 5 N–H and O–H groups in total. The van der Waals surface area contributed by atoms with Crippen LogP contribution in [0.15, 0.2) is 40.8 Å². The predicted molar refractivity (Wildman–Crippen MR) is 105 cm³/mol. The number of hydrogen-bond donors (Lipinski definition) is 5. The van der Waals surface area contributed by atoms with Gasteiger partial charge >= 0.3 is 0 Å². The van der Waals surface area contributed by atoms with E-state index in [2.05, 4.69) is 34.3 Å². The summed E-state index contributed by atoms with van der Waals surface area (Å²) in [5.41, 5.74) is 2.32. The van der Waals surface area contributed by atoms with Crippen LogP contribution in [0, 0.1) is 23.7 Å². The van der Waals surface area contributed by atoms with Gasteiger partial charge in [-0.3, -0.25) is 14.8 Å². The number of aliphatic hydroxyl groups excluding tert-OH is 1. The van der Waals surface area contributed by atoms with Gasteiger partial charge in [0.2, 0.25) is 0 Å². The van der Waals surface area contributed by atoms with Gasteiger partial charge in [0.05, 0.1) is 12.6 Å². The summed E-state index contributed by atoms with van der Waals surface area (Å²) in [5.74, 6) is 10.9. The van der Waals surface area contributed by atoms with Crippen LogP contribution in [0.2, 0.25) is 0 Å². The molecule has 2 rings (SSSR count). The molecule has 1 heterocycles. The second-order valence-corrected chi connectivity index (χ2v) is 6.04. The van der Waals surface area contributed by atoms with Crippen molar-refractivity contribution < 1.29 is 24.3 Å². The molecule has 0 saturated carbocycles. The highest BCUT2D eigenvalue weighted by Crippen LogP contribution is 2.06. The molecule has 2 atom stereocenters. The molecule has 0 spiro atoms. The maximum absolute atomic E-state index is 12.2. The number of nitrogens with one attached hydrogen (secondary N) is 3. The zero-order chi connectivity index (χ0) is 21.2. The Labute approximate surface area is 168 Å². The van der Waals surface area contributed by atoms with Gasteiger partial charge in [-0.15, -0.1) is 0 Å². The van der Waals surface area contributed by atoms with Crippen LogP contribution >= 0.6 is 0 Å². The zero-order valence-electron chi connectivity index (χ0n) is 15.9. The molecule has 150 valence electrons. The Hall–Kier alpha value is -3.56. The maximum Gasteiger partial charge on any atom is 0.268 e. The Bertz CT molecular complexity index is 971. The topological polar surface area (TPSA) is 124 Å². The van der Waals surface area contributed by atoms with Gasteiger partial charge < -0.3 is 20.2 Å². The number of furan rings is 1. The quantitative estimate of drug-likeness (QED) is 0.274. The van der Waals surface area contributed by atoms with Crippen LogP contribution in [0.1, 0.15) is 34.4 Å². The molecule has 8 heteroatoms. The highest BCUT2D eigenvalue weighted by atomic mass is 16.5. The smallest absolute Gasteiger partial charge is 0.268 e. The minimum absolute atomic E-state index is 0.269. The molecule has 0 unspecified atom stereocenters. The fourth-order valence-electron chi connectivity index (χ4n) is 2.31. The van der Waals surface area contributed by atoms with Gasteiger partial charge in [0.1, 0.15) is 11.8 Å². The molecular weight excluding hydrogens is 374 g/mol. The van der Waals surface area contributed by atoms with E-state index >= 15 is 0 Å². The third-order valence-corrected chi connectivity index (χ3v) is 3.78. The Kier molecular flexibility index (Phi) is 8.01. The summed E-state index contributed by atoms with van der Waals surface area (Å²) in [6.07, 6.45) is -1.18. The highest BCUT2D eigenvalue weighted by molar-refractivity contribution is 5.97. The SMILES string of the molecule is CNCc1ccc(C#CC#Cc2ccc(C(=O)N[C@H](C(=O)NO)[C@@H](C)O)cc2)o1. The minimum atomic E-state index is -1.28. The van der Waals surface area contributed by atoms with Crippen LogP contribution in [-0.4, -0.2) is 41.3 Å². The molecule has 0 radical (unpaired) electrons. The number of benzene rings is 1. The third kappa shape index (κ3) is 6.52. The normalized spacial score (nSPS) is 11.9. The lowest BCUT2D eigenvalue weighted by Crippen LogP contribution is -2.51. The molecule has 0 aliphatic heterocycles. The molecule has 29 heavy (non-hydrogen) atoms. The number of carbonyl (C=O) groups is 2. The molecule has 0 aliphatic carbocycles. The van der Waals surface area contributed by atoms with Crippen LogP contribution in [0.4, 0.5) is 0 Å².